The molecule has 0 radical (unpaired) electrons. The Labute approximate surface area is 185 Å². The van der Waals surface area contributed by atoms with Gasteiger partial charge in [0.1, 0.15) is 0 Å². The van der Waals surface area contributed by atoms with Crippen LogP contribution in [0.15, 0.2) is 30.3 Å². The van der Waals surface area contributed by atoms with Crippen LogP contribution in [-0.4, -0.2) is 40.4 Å². The maximum Gasteiger partial charge on any atom is 0.253 e. The van der Waals surface area contributed by atoms with E-state index in [1.54, 1.807) is 0 Å². The number of hydrogen-bond acceptors (Lipinski definition) is 2. The number of likely N-dealkylation sites (tertiary alicyclic amines) is 1. The highest BCUT2D eigenvalue weighted by Crippen LogP contribution is 2.27. The third-order valence-corrected chi connectivity index (χ3v) is 7.00. The smallest absolute Gasteiger partial charge is 0.253 e. The number of piperidine rings is 1. The van der Waals surface area contributed by atoms with Gasteiger partial charge in [0.25, 0.3) is 5.91 Å². The summed E-state index contributed by atoms with van der Waals surface area (Å²) in [4.78, 5) is 28.1. The Bertz CT molecular complexity index is 928. The summed E-state index contributed by atoms with van der Waals surface area (Å²) in [5.74, 6) is 0.537. The molecule has 0 spiro atoms. The van der Waals surface area contributed by atoms with Crippen LogP contribution in [0.1, 0.15) is 72.3 Å². The Morgan fingerprint density at radius 3 is 2.16 bits per heavy atom. The normalized spacial score (nSPS) is 18.2. The number of aryl methyl sites for hydroxylation is 3. The largest absolute Gasteiger partial charge is 0.349 e. The fraction of sp³-hybridized carbons (Fsp3) is 0.538. The average Bonchev–Trinajstić information content (AvgIpc) is 3.12. The van der Waals surface area contributed by atoms with Gasteiger partial charge < -0.3 is 14.8 Å². The highest BCUT2D eigenvalue weighted by molar-refractivity contribution is 5.98. The molecule has 166 valence electrons. The van der Waals surface area contributed by atoms with E-state index in [9.17, 15) is 9.59 Å². The van der Waals surface area contributed by atoms with Crippen LogP contribution in [0.3, 0.4) is 0 Å². The van der Waals surface area contributed by atoms with Crippen molar-refractivity contribution in [3.05, 3.63) is 52.8 Å². The molecule has 2 heterocycles. The maximum atomic E-state index is 13.3. The van der Waals surface area contributed by atoms with Gasteiger partial charge in [-0.1, -0.05) is 30.9 Å². The molecule has 2 aliphatic rings. The maximum absolute atomic E-state index is 13.3. The van der Waals surface area contributed by atoms with Crippen molar-refractivity contribution in [3.63, 3.8) is 0 Å². The second-order valence-electron chi connectivity index (χ2n) is 9.38. The van der Waals surface area contributed by atoms with Crippen molar-refractivity contribution < 1.29 is 9.59 Å². The first-order valence-corrected chi connectivity index (χ1v) is 11.8. The zero-order valence-electron chi connectivity index (χ0n) is 19.1. The lowest BCUT2D eigenvalue weighted by Crippen LogP contribution is -2.48. The lowest BCUT2D eigenvalue weighted by atomic mass is 9.87. The molecule has 1 aromatic carbocycles. The Morgan fingerprint density at radius 1 is 0.871 bits per heavy atom. The number of carbonyl (C=O) groups is 2. The minimum atomic E-state index is -0.0248. The van der Waals surface area contributed by atoms with Crippen LogP contribution in [0.5, 0.6) is 0 Å². The van der Waals surface area contributed by atoms with E-state index in [1.807, 2.05) is 24.0 Å². The summed E-state index contributed by atoms with van der Waals surface area (Å²) in [5, 5.41) is 3.25. The van der Waals surface area contributed by atoms with E-state index in [1.165, 1.54) is 19.3 Å². The van der Waals surface area contributed by atoms with Crippen LogP contribution in [0, 0.1) is 26.7 Å². The Morgan fingerprint density at radius 2 is 1.52 bits per heavy atom. The summed E-state index contributed by atoms with van der Waals surface area (Å²) < 4.78 is 2.14. The molecule has 5 heteroatoms. The molecule has 1 aliphatic carbocycles. The number of nitrogens with zero attached hydrogens (tertiary/aromatic N) is 2. The van der Waals surface area contributed by atoms with Gasteiger partial charge in [-0.2, -0.15) is 0 Å². The average molecular weight is 422 g/mol. The van der Waals surface area contributed by atoms with Crippen molar-refractivity contribution in [1.29, 1.82) is 0 Å². The fourth-order valence-electron chi connectivity index (χ4n) is 5.19. The lowest BCUT2D eigenvalue weighted by Gasteiger charge is -2.35. The molecule has 1 aliphatic heterocycles. The first-order valence-electron chi connectivity index (χ1n) is 11.8. The molecule has 1 saturated carbocycles. The second kappa shape index (κ2) is 9.29. The van der Waals surface area contributed by atoms with Crippen LogP contribution >= 0.6 is 0 Å². The zero-order chi connectivity index (χ0) is 22.0. The number of aromatic nitrogens is 1. The summed E-state index contributed by atoms with van der Waals surface area (Å²) in [6, 6.07) is 10.3. The van der Waals surface area contributed by atoms with Gasteiger partial charge in [0.2, 0.25) is 5.91 Å². The predicted octanol–water partition coefficient (Wildman–Crippen LogP) is 4.70. The number of amides is 2. The molecule has 1 saturated heterocycles. The summed E-state index contributed by atoms with van der Waals surface area (Å²) in [6.45, 7) is 7.64. The standard InChI is InChI=1S/C26H35N3O2/c1-18-9-12-24(29-19(2)10-11-20(29)3)23(17-18)25(30)27-22-13-15-28(16-14-22)26(31)21-7-5-4-6-8-21/h9-12,17,21-22H,4-8,13-16H2,1-3H3,(H,27,30). The van der Waals surface area contributed by atoms with Crippen molar-refractivity contribution in [2.45, 2.75) is 71.8 Å². The minimum absolute atomic E-state index is 0.0248. The van der Waals surface area contributed by atoms with Crippen molar-refractivity contribution in [2.75, 3.05) is 13.1 Å². The van der Waals surface area contributed by atoms with Gasteiger partial charge in [0.05, 0.1) is 11.3 Å². The van der Waals surface area contributed by atoms with E-state index in [0.717, 1.165) is 61.4 Å². The molecule has 5 nitrogen and oxygen atoms in total. The minimum Gasteiger partial charge on any atom is -0.349 e. The van der Waals surface area contributed by atoms with Crippen molar-refractivity contribution in [1.82, 2.24) is 14.8 Å². The van der Waals surface area contributed by atoms with Gasteiger partial charge in [0, 0.05) is 36.4 Å². The van der Waals surface area contributed by atoms with Crippen molar-refractivity contribution >= 4 is 11.8 Å². The van der Waals surface area contributed by atoms with E-state index in [0.29, 0.717) is 11.5 Å². The van der Waals surface area contributed by atoms with Crippen molar-refractivity contribution in [3.8, 4) is 5.69 Å². The van der Waals surface area contributed by atoms with E-state index in [-0.39, 0.29) is 17.9 Å². The second-order valence-corrected chi connectivity index (χ2v) is 9.38. The molecule has 2 amide bonds. The molecular formula is C26H35N3O2. The van der Waals surface area contributed by atoms with Gasteiger partial charge >= 0.3 is 0 Å². The molecule has 4 rings (SSSR count). The molecule has 1 aromatic heterocycles. The number of carbonyl (C=O) groups excluding carboxylic acids is 2. The molecule has 1 N–H and O–H groups in total. The molecule has 0 bridgehead atoms. The van der Waals surface area contributed by atoms with Gasteiger partial charge in [-0.3, -0.25) is 9.59 Å². The van der Waals surface area contributed by atoms with Crippen LogP contribution in [0.4, 0.5) is 0 Å². The van der Waals surface area contributed by atoms with Crippen LogP contribution < -0.4 is 5.32 Å². The topological polar surface area (TPSA) is 54.3 Å². The SMILES string of the molecule is Cc1ccc(-n2c(C)ccc2C)c(C(=O)NC2CCN(C(=O)C3CCCCC3)CC2)c1. The van der Waals surface area contributed by atoms with E-state index in [2.05, 4.69) is 41.9 Å². The summed E-state index contributed by atoms with van der Waals surface area (Å²) >= 11 is 0. The van der Waals surface area contributed by atoms with Gasteiger partial charge in [0.15, 0.2) is 0 Å². The molecule has 2 fully saturated rings. The number of benzene rings is 1. The van der Waals surface area contributed by atoms with Gasteiger partial charge in [-0.15, -0.1) is 0 Å². The predicted molar refractivity (Wildman–Crippen MR) is 124 cm³/mol. The Balaban J connectivity index is 1.42. The quantitative estimate of drug-likeness (QED) is 0.778. The molecule has 0 atom stereocenters. The highest BCUT2D eigenvalue weighted by atomic mass is 16.2. The Hall–Kier alpha value is -2.56. The number of hydrogen-bond donors (Lipinski definition) is 1. The molecular weight excluding hydrogens is 386 g/mol. The van der Waals surface area contributed by atoms with Gasteiger partial charge in [-0.05, 0) is 70.7 Å². The first kappa shape index (κ1) is 21.7. The number of nitrogens with one attached hydrogen (secondary N) is 1. The number of rotatable bonds is 4. The molecule has 2 aromatic rings. The summed E-state index contributed by atoms with van der Waals surface area (Å²) in [6.07, 6.45) is 7.37. The molecule has 0 unspecified atom stereocenters. The third-order valence-electron chi connectivity index (χ3n) is 7.00. The summed E-state index contributed by atoms with van der Waals surface area (Å²) in [5.41, 5.74) is 4.94. The van der Waals surface area contributed by atoms with Gasteiger partial charge in [-0.25, -0.2) is 0 Å². The van der Waals surface area contributed by atoms with Crippen molar-refractivity contribution in [2.24, 2.45) is 5.92 Å². The van der Waals surface area contributed by atoms with E-state index in [4.69, 9.17) is 0 Å². The van der Waals surface area contributed by atoms with E-state index < -0.39 is 0 Å². The monoisotopic (exact) mass is 421 g/mol. The Kier molecular flexibility index (Phi) is 6.49. The summed E-state index contributed by atoms with van der Waals surface area (Å²) in [7, 11) is 0. The van der Waals surface area contributed by atoms with E-state index >= 15 is 0 Å². The lowest BCUT2D eigenvalue weighted by molar-refractivity contribution is -0.137. The fourth-order valence-corrected chi connectivity index (χ4v) is 5.19. The third kappa shape index (κ3) is 4.70. The van der Waals surface area contributed by atoms with Crippen LogP contribution in [0.2, 0.25) is 0 Å². The van der Waals surface area contributed by atoms with Crippen LogP contribution in [-0.2, 0) is 4.79 Å². The molecule has 31 heavy (non-hydrogen) atoms. The highest BCUT2D eigenvalue weighted by Gasteiger charge is 2.30. The first-order chi connectivity index (χ1) is 14.9. The zero-order valence-corrected chi connectivity index (χ0v) is 19.1. The van der Waals surface area contributed by atoms with Crippen LogP contribution in [0.25, 0.3) is 5.69 Å².